The minimum atomic E-state index is -0.609. The number of nitrogens with one attached hydrogen (secondary N) is 2. The van der Waals surface area contributed by atoms with Crippen molar-refractivity contribution in [1.82, 2.24) is 15.5 Å². The molecule has 1 aromatic rings. The highest BCUT2D eigenvalue weighted by Gasteiger charge is 2.34. The summed E-state index contributed by atoms with van der Waals surface area (Å²) in [4.78, 5) is 40.3. The van der Waals surface area contributed by atoms with Crippen molar-refractivity contribution >= 4 is 17.7 Å². The van der Waals surface area contributed by atoms with Crippen LogP contribution in [0.1, 0.15) is 76.2 Å². The summed E-state index contributed by atoms with van der Waals surface area (Å²) in [5, 5.41) is 6.00. The summed E-state index contributed by atoms with van der Waals surface area (Å²) in [6.07, 6.45) is 2.73. The van der Waals surface area contributed by atoms with Crippen LogP contribution in [0.3, 0.4) is 0 Å². The highest BCUT2D eigenvalue weighted by atomic mass is 16.2. The molecular formula is C25H39N3O3. The molecule has 1 aromatic carbocycles. The maximum absolute atomic E-state index is 13.0. The Hall–Kier alpha value is -2.37. The molecule has 0 unspecified atom stereocenters. The number of nitrogens with zero attached hydrogens (tertiary/aromatic N) is 1. The van der Waals surface area contributed by atoms with Gasteiger partial charge in [0.15, 0.2) is 0 Å². The van der Waals surface area contributed by atoms with Gasteiger partial charge in [0, 0.05) is 31.1 Å². The quantitative estimate of drug-likeness (QED) is 0.694. The van der Waals surface area contributed by atoms with Gasteiger partial charge in [-0.15, -0.1) is 0 Å². The van der Waals surface area contributed by atoms with Crippen molar-refractivity contribution in [3.05, 3.63) is 35.4 Å². The van der Waals surface area contributed by atoms with Gasteiger partial charge in [0.1, 0.15) is 6.04 Å². The van der Waals surface area contributed by atoms with Crippen molar-refractivity contribution < 1.29 is 14.4 Å². The van der Waals surface area contributed by atoms with E-state index >= 15 is 0 Å². The monoisotopic (exact) mass is 429 g/mol. The number of hydrogen-bond donors (Lipinski definition) is 2. The second-order valence-corrected chi connectivity index (χ2v) is 10.1. The lowest BCUT2D eigenvalue weighted by Crippen LogP contribution is -2.55. The van der Waals surface area contributed by atoms with Crippen LogP contribution >= 0.6 is 0 Å². The van der Waals surface area contributed by atoms with Gasteiger partial charge in [-0.3, -0.25) is 14.4 Å². The summed E-state index contributed by atoms with van der Waals surface area (Å²) in [5.41, 5.74) is 1.58. The van der Waals surface area contributed by atoms with E-state index in [1.807, 2.05) is 37.8 Å². The first-order valence-electron chi connectivity index (χ1n) is 11.5. The molecule has 0 aromatic heterocycles. The third kappa shape index (κ3) is 7.67. The van der Waals surface area contributed by atoms with Crippen LogP contribution in [-0.2, 0) is 9.59 Å². The van der Waals surface area contributed by atoms with Crippen LogP contribution in [0.4, 0.5) is 0 Å². The largest absolute Gasteiger partial charge is 0.352 e. The average Bonchev–Trinajstić information content (AvgIpc) is 2.71. The molecule has 172 valence electrons. The maximum Gasteiger partial charge on any atom is 0.251 e. The molecule has 0 bridgehead atoms. The lowest BCUT2D eigenvalue weighted by Gasteiger charge is -2.37. The van der Waals surface area contributed by atoms with Crippen LogP contribution in [0.15, 0.2) is 24.3 Å². The lowest BCUT2D eigenvalue weighted by atomic mass is 9.87. The maximum atomic E-state index is 13.0. The Balaban J connectivity index is 2.08. The van der Waals surface area contributed by atoms with Crippen molar-refractivity contribution in [2.45, 2.75) is 79.3 Å². The second-order valence-electron chi connectivity index (χ2n) is 10.1. The summed E-state index contributed by atoms with van der Waals surface area (Å²) < 4.78 is 0. The summed E-state index contributed by atoms with van der Waals surface area (Å²) >= 11 is 0. The number of piperidine rings is 1. The summed E-state index contributed by atoms with van der Waals surface area (Å²) in [6, 6.07) is 6.78. The molecule has 31 heavy (non-hydrogen) atoms. The number of aryl methyl sites for hydroxylation is 1. The SMILES string of the molecule is CC[C@@H](C)NC(=O)[C@H](NC(=O)c1ccc(C)cc1)C1CCN(C(=O)CC(C)(C)C)CC1. The van der Waals surface area contributed by atoms with Crippen LogP contribution in [0.2, 0.25) is 0 Å². The topological polar surface area (TPSA) is 78.5 Å². The van der Waals surface area contributed by atoms with Gasteiger partial charge in [0.05, 0.1) is 0 Å². The van der Waals surface area contributed by atoms with Gasteiger partial charge in [-0.2, -0.15) is 0 Å². The van der Waals surface area contributed by atoms with E-state index in [1.165, 1.54) is 0 Å². The zero-order valence-corrected chi connectivity index (χ0v) is 20.0. The lowest BCUT2D eigenvalue weighted by molar-refractivity contribution is -0.134. The Morgan fingerprint density at radius 2 is 1.65 bits per heavy atom. The van der Waals surface area contributed by atoms with E-state index in [9.17, 15) is 14.4 Å². The average molecular weight is 430 g/mol. The first-order valence-corrected chi connectivity index (χ1v) is 11.5. The fourth-order valence-corrected chi connectivity index (χ4v) is 3.81. The van der Waals surface area contributed by atoms with E-state index in [4.69, 9.17) is 0 Å². The van der Waals surface area contributed by atoms with Crippen molar-refractivity contribution in [3.8, 4) is 0 Å². The predicted molar refractivity (Wildman–Crippen MR) is 124 cm³/mol. The van der Waals surface area contributed by atoms with Crippen LogP contribution in [-0.4, -0.2) is 47.8 Å². The number of hydrogen-bond acceptors (Lipinski definition) is 3. The molecule has 0 saturated carbocycles. The number of amides is 3. The Morgan fingerprint density at radius 1 is 1.06 bits per heavy atom. The van der Waals surface area contributed by atoms with Crippen LogP contribution in [0.5, 0.6) is 0 Å². The number of benzene rings is 1. The van der Waals surface area contributed by atoms with E-state index in [0.717, 1.165) is 12.0 Å². The van der Waals surface area contributed by atoms with Crippen molar-refractivity contribution in [2.24, 2.45) is 11.3 Å². The van der Waals surface area contributed by atoms with Gasteiger partial charge in [0.2, 0.25) is 11.8 Å². The third-order valence-corrected chi connectivity index (χ3v) is 5.93. The number of carbonyl (C=O) groups is 3. The van der Waals surface area contributed by atoms with Crippen LogP contribution in [0.25, 0.3) is 0 Å². The Labute approximate surface area is 187 Å². The normalized spacial score (nSPS) is 17.0. The molecule has 6 heteroatoms. The molecular weight excluding hydrogens is 390 g/mol. The first-order chi connectivity index (χ1) is 14.5. The fourth-order valence-electron chi connectivity index (χ4n) is 3.81. The summed E-state index contributed by atoms with van der Waals surface area (Å²) in [6.45, 7) is 13.4. The molecule has 2 N–H and O–H groups in total. The fraction of sp³-hybridized carbons (Fsp3) is 0.640. The first kappa shape index (κ1) is 24.9. The van der Waals surface area contributed by atoms with E-state index in [2.05, 4.69) is 31.4 Å². The Kier molecular flexibility index (Phi) is 8.66. The molecule has 6 nitrogen and oxygen atoms in total. The molecule has 0 aliphatic carbocycles. The Bertz CT molecular complexity index is 759. The van der Waals surface area contributed by atoms with Crippen molar-refractivity contribution in [1.29, 1.82) is 0 Å². The van der Waals surface area contributed by atoms with Crippen LogP contribution in [0, 0.1) is 18.3 Å². The minimum Gasteiger partial charge on any atom is -0.352 e. The van der Waals surface area contributed by atoms with Gasteiger partial charge in [-0.25, -0.2) is 0 Å². The van der Waals surface area contributed by atoms with Crippen molar-refractivity contribution in [2.75, 3.05) is 13.1 Å². The van der Waals surface area contributed by atoms with Gasteiger partial charge >= 0.3 is 0 Å². The van der Waals surface area contributed by atoms with Crippen LogP contribution < -0.4 is 10.6 Å². The third-order valence-electron chi connectivity index (χ3n) is 5.93. The molecule has 1 aliphatic rings. The van der Waals surface area contributed by atoms with E-state index in [-0.39, 0.29) is 35.1 Å². The minimum absolute atomic E-state index is 0.00265. The molecule has 2 atom stereocenters. The van der Waals surface area contributed by atoms with Gasteiger partial charge in [0.25, 0.3) is 5.91 Å². The molecule has 2 rings (SSSR count). The summed E-state index contributed by atoms with van der Waals surface area (Å²) in [7, 11) is 0. The molecule has 0 spiro atoms. The van der Waals surface area contributed by atoms with E-state index in [0.29, 0.717) is 37.9 Å². The zero-order valence-electron chi connectivity index (χ0n) is 20.0. The smallest absolute Gasteiger partial charge is 0.251 e. The molecule has 1 fully saturated rings. The highest BCUT2D eigenvalue weighted by Crippen LogP contribution is 2.25. The molecule has 1 heterocycles. The van der Waals surface area contributed by atoms with Gasteiger partial charge < -0.3 is 15.5 Å². The van der Waals surface area contributed by atoms with Crippen molar-refractivity contribution in [3.63, 3.8) is 0 Å². The van der Waals surface area contributed by atoms with E-state index in [1.54, 1.807) is 12.1 Å². The number of likely N-dealkylation sites (tertiary alicyclic amines) is 1. The summed E-state index contributed by atoms with van der Waals surface area (Å²) in [5.74, 6) is -0.225. The zero-order chi connectivity index (χ0) is 23.2. The van der Waals surface area contributed by atoms with Gasteiger partial charge in [-0.05, 0) is 56.6 Å². The predicted octanol–water partition coefficient (Wildman–Crippen LogP) is 3.68. The number of rotatable bonds is 7. The standard InChI is InChI=1S/C25H39N3O3/c1-7-18(3)26-24(31)22(27-23(30)20-10-8-17(2)9-11-20)19-12-14-28(15-13-19)21(29)16-25(4,5)6/h8-11,18-19,22H,7,12-16H2,1-6H3,(H,26,31)(H,27,30)/t18-,22-/m1/s1. The van der Waals surface area contributed by atoms with E-state index < -0.39 is 6.04 Å². The van der Waals surface area contributed by atoms with Gasteiger partial charge in [-0.1, -0.05) is 45.4 Å². The highest BCUT2D eigenvalue weighted by molar-refractivity contribution is 5.97. The molecule has 3 amide bonds. The second kappa shape index (κ2) is 10.8. The molecule has 1 saturated heterocycles. The number of carbonyl (C=O) groups excluding carboxylic acids is 3. The molecule has 0 radical (unpaired) electrons. The Morgan fingerprint density at radius 3 is 2.16 bits per heavy atom. The molecule has 1 aliphatic heterocycles.